The van der Waals surface area contributed by atoms with Gasteiger partial charge in [-0.25, -0.2) is 4.79 Å². The topological polar surface area (TPSA) is 46.6 Å². The smallest absolute Gasteiger partial charge is 0.337 e. The lowest BCUT2D eigenvalue weighted by Gasteiger charge is -2.57. The molecule has 0 aromatic heterocycles. The Morgan fingerprint density at radius 1 is 0.871 bits per heavy atom. The molecule has 162 valence electrons. The standard InChI is InChI=1S/C27H31NO3/c1-31-26(30)24-9-7-19(8-10-24)17-28(25(29)23-5-3-2-4-6-23)18-27-14-20-11-21(15-27)13-22(12-20)16-27/h2-10,20-22H,11-18H2,1H3. The van der Waals surface area contributed by atoms with Crippen LogP contribution in [0.1, 0.15) is 64.8 Å². The van der Waals surface area contributed by atoms with Crippen molar-refractivity contribution in [2.75, 3.05) is 13.7 Å². The van der Waals surface area contributed by atoms with Crippen LogP contribution in [0.5, 0.6) is 0 Å². The van der Waals surface area contributed by atoms with Crippen LogP contribution in [0.15, 0.2) is 54.6 Å². The lowest BCUT2D eigenvalue weighted by molar-refractivity contribution is -0.0661. The zero-order chi connectivity index (χ0) is 21.4. The molecular weight excluding hydrogens is 386 g/mol. The maximum Gasteiger partial charge on any atom is 0.337 e. The monoisotopic (exact) mass is 417 g/mol. The van der Waals surface area contributed by atoms with Gasteiger partial charge >= 0.3 is 5.97 Å². The predicted molar refractivity (Wildman–Crippen MR) is 120 cm³/mol. The fraction of sp³-hybridized carbons (Fsp3) is 0.481. The van der Waals surface area contributed by atoms with E-state index in [-0.39, 0.29) is 17.3 Å². The maximum absolute atomic E-state index is 13.5. The highest BCUT2D eigenvalue weighted by Gasteiger charge is 2.51. The first-order chi connectivity index (χ1) is 15.0. The summed E-state index contributed by atoms with van der Waals surface area (Å²) < 4.78 is 4.81. The molecule has 0 saturated heterocycles. The van der Waals surface area contributed by atoms with Gasteiger partial charge in [-0.3, -0.25) is 4.79 Å². The third-order valence-electron chi connectivity index (χ3n) is 7.75. The van der Waals surface area contributed by atoms with Crippen LogP contribution in [0, 0.1) is 23.2 Å². The zero-order valence-corrected chi connectivity index (χ0v) is 18.3. The van der Waals surface area contributed by atoms with Crippen LogP contribution < -0.4 is 0 Å². The predicted octanol–water partition coefficient (Wildman–Crippen LogP) is 5.33. The van der Waals surface area contributed by atoms with Gasteiger partial charge in [0.2, 0.25) is 0 Å². The van der Waals surface area contributed by atoms with Crippen molar-refractivity contribution >= 4 is 11.9 Å². The van der Waals surface area contributed by atoms with E-state index in [0.717, 1.165) is 35.4 Å². The van der Waals surface area contributed by atoms with E-state index in [9.17, 15) is 9.59 Å². The van der Waals surface area contributed by atoms with Crippen molar-refractivity contribution in [1.29, 1.82) is 0 Å². The third-order valence-corrected chi connectivity index (χ3v) is 7.75. The van der Waals surface area contributed by atoms with Gasteiger partial charge in [-0.1, -0.05) is 30.3 Å². The Balaban J connectivity index is 1.40. The van der Waals surface area contributed by atoms with Crippen molar-refractivity contribution in [3.8, 4) is 0 Å². The van der Waals surface area contributed by atoms with Crippen LogP contribution in [0.3, 0.4) is 0 Å². The molecule has 4 heteroatoms. The Bertz CT molecular complexity index is 915. The molecule has 2 aromatic rings. The molecule has 0 radical (unpaired) electrons. The Labute approximate surface area is 184 Å². The summed E-state index contributed by atoms with van der Waals surface area (Å²) in [5.74, 6) is 2.35. The van der Waals surface area contributed by atoms with Crippen LogP contribution in [-0.4, -0.2) is 30.4 Å². The Hall–Kier alpha value is -2.62. The van der Waals surface area contributed by atoms with E-state index in [2.05, 4.69) is 4.90 Å². The molecule has 4 aliphatic rings. The number of hydrogen-bond acceptors (Lipinski definition) is 3. The fourth-order valence-corrected chi connectivity index (χ4v) is 6.94. The summed E-state index contributed by atoms with van der Waals surface area (Å²) in [6.45, 7) is 1.40. The van der Waals surface area contributed by atoms with Gasteiger partial charge in [-0.15, -0.1) is 0 Å². The molecule has 0 atom stereocenters. The molecule has 0 spiro atoms. The molecule has 0 heterocycles. The highest BCUT2D eigenvalue weighted by atomic mass is 16.5. The number of hydrogen-bond donors (Lipinski definition) is 0. The van der Waals surface area contributed by atoms with Gasteiger partial charge in [-0.2, -0.15) is 0 Å². The maximum atomic E-state index is 13.5. The molecule has 4 bridgehead atoms. The van der Waals surface area contributed by atoms with Gasteiger partial charge in [0.15, 0.2) is 0 Å². The Morgan fingerprint density at radius 3 is 2.00 bits per heavy atom. The van der Waals surface area contributed by atoms with Gasteiger partial charge in [0, 0.05) is 18.7 Å². The van der Waals surface area contributed by atoms with Gasteiger partial charge in [0.1, 0.15) is 0 Å². The molecule has 6 rings (SSSR count). The van der Waals surface area contributed by atoms with Crippen LogP contribution in [-0.2, 0) is 11.3 Å². The Morgan fingerprint density at radius 2 is 1.45 bits per heavy atom. The average molecular weight is 418 g/mol. The van der Waals surface area contributed by atoms with Gasteiger partial charge in [0.25, 0.3) is 5.91 Å². The number of amides is 1. The summed E-state index contributed by atoms with van der Waals surface area (Å²) >= 11 is 0. The van der Waals surface area contributed by atoms with Crippen molar-refractivity contribution in [1.82, 2.24) is 4.90 Å². The molecule has 0 aliphatic heterocycles. The number of methoxy groups -OCH3 is 1. The highest BCUT2D eigenvalue weighted by molar-refractivity contribution is 5.94. The Kier molecular flexibility index (Phi) is 5.33. The lowest BCUT2D eigenvalue weighted by Crippen LogP contribution is -2.52. The molecule has 0 N–H and O–H groups in total. The van der Waals surface area contributed by atoms with E-state index in [1.54, 1.807) is 12.1 Å². The molecule has 2 aromatic carbocycles. The van der Waals surface area contributed by atoms with E-state index >= 15 is 0 Å². The van der Waals surface area contributed by atoms with Crippen molar-refractivity contribution in [2.24, 2.45) is 23.2 Å². The van der Waals surface area contributed by atoms with E-state index in [1.165, 1.54) is 45.6 Å². The molecule has 4 saturated carbocycles. The van der Waals surface area contributed by atoms with Crippen molar-refractivity contribution in [3.63, 3.8) is 0 Å². The minimum Gasteiger partial charge on any atom is -0.465 e. The second kappa shape index (κ2) is 8.14. The number of esters is 1. The van der Waals surface area contributed by atoms with Crippen molar-refractivity contribution < 1.29 is 14.3 Å². The summed E-state index contributed by atoms with van der Waals surface area (Å²) in [6, 6.07) is 17.1. The second-order valence-electron chi connectivity index (χ2n) is 10.1. The summed E-state index contributed by atoms with van der Waals surface area (Å²) in [6.07, 6.45) is 8.04. The first kappa shape index (κ1) is 20.3. The normalized spacial score (nSPS) is 28.4. The first-order valence-corrected chi connectivity index (χ1v) is 11.6. The molecule has 1 amide bonds. The number of nitrogens with zero attached hydrogens (tertiary/aromatic N) is 1. The molecule has 4 fully saturated rings. The van der Waals surface area contributed by atoms with E-state index in [4.69, 9.17) is 4.74 Å². The minimum absolute atomic E-state index is 0.105. The minimum atomic E-state index is -0.336. The van der Waals surface area contributed by atoms with Gasteiger partial charge < -0.3 is 9.64 Å². The van der Waals surface area contributed by atoms with Crippen molar-refractivity contribution in [3.05, 3.63) is 71.3 Å². The molecule has 31 heavy (non-hydrogen) atoms. The number of carbonyl (C=O) groups is 2. The van der Waals surface area contributed by atoms with Crippen LogP contribution in [0.2, 0.25) is 0 Å². The second-order valence-corrected chi connectivity index (χ2v) is 10.1. The van der Waals surface area contributed by atoms with Crippen LogP contribution in [0.25, 0.3) is 0 Å². The molecule has 0 unspecified atom stereocenters. The van der Waals surface area contributed by atoms with Crippen molar-refractivity contribution in [2.45, 2.75) is 45.1 Å². The summed E-state index contributed by atoms with van der Waals surface area (Å²) in [5.41, 5.74) is 2.61. The number of benzene rings is 2. The van der Waals surface area contributed by atoms with Crippen LogP contribution >= 0.6 is 0 Å². The summed E-state index contributed by atoms with van der Waals surface area (Å²) in [5, 5.41) is 0. The largest absolute Gasteiger partial charge is 0.465 e. The van der Waals surface area contributed by atoms with E-state index < -0.39 is 0 Å². The summed E-state index contributed by atoms with van der Waals surface area (Å²) in [7, 11) is 1.39. The molecule has 4 aliphatic carbocycles. The highest BCUT2D eigenvalue weighted by Crippen LogP contribution is 2.60. The average Bonchev–Trinajstić information content (AvgIpc) is 2.77. The lowest BCUT2D eigenvalue weighted by atomic mass is 9.49. The fourth-order valence-electron chi connectivity index (χ4n) is 6.94. The van der Waals surface area contributed by atoms with E-state index in [0.29, 0.717) is 12.1 Å². The third kappa shape index (κ3) is 4.13. The number of rotatable bonds is 6. The quantitative estimate of drug-likeness (QED) is 0.597. The molecular formula is C27H31NO3. The van der Waals surface area contributed by atoms with Gasteiger partial charge in [0.05, 0.1) is 12.7 Å². The summed E-state index contributed by atoms with van der Waals surface area (Å²) in [4.78, 5) is 27.4. The van der Waals surface area contributed by atoms with Crippen LogP contribution in [0.4, 0.5) is 0 Å². The number of carbonyl (C=O) groups excluding carboxylic acids is 2. The first-order valence-electron chi connectivity index (χ1n) is 11.6. The van der Waals surface area contributed by atoms with E-state index in [1.807, 2.05) is 42.5 Å². The SMILES string of the molecule is COC(=O)c1ccc(CN(CC23CC4CC(CC(C4)C2)C3)C(=O)c2ccccc2)cc1. The molecule has 4 nitrogen and oxygen atoms in total. The zero-order valence-electron chi connectivity index (χ0n) is 18.3. The van der Waals surface area contributed by atoms with Gasteiger partial charge in [-0.05, 0) is 91.5 Å². The number of ether oxygens (including phenoxy) is 1.